The van der Waals surface area contributed by atoms with Gasteiger partial charge in [-0.25, -0.2) is 22.7 Å². The summed E-state index contributed by atoms with van der Waals surface area (Å²) in [5.41, 5.74) is 1.62. The molecule has 1 spiro atoms. The van der Waals surface area contributed by atoms with E-state index in [4.69, 9.17) is 14.5 Å². The molecule has 0 amide bonds. The Labute approximate surface area is 153 Å². The number of ether oxygens (including phenoxy) is 2. The van der Waals surface area contributed by atoms with Crippen LogP contribution in [0.5, 0.6) is 0 Å². The highest BCUT2D eigenvalue weighted by molar-refractivity contribution is 7.90. The first-order chi connectivity index (χ1) is 12.6. The van der Waals surface area contributed by atoms with Crippen LogP contribution in [-0.4, -0.2) is 73.9 Å². The average Bonchev–Trinajstić information content (AvgIpc) is 3.45. The molecule has 1 aromatic rings. The van der Waals surface area contributed by atoms with Gasteiger partial charge >= 0.3 is 0 Å². The van der Waals surface area contributed by atoms with E-state index in [-0.39, 0.29) is 10.7 Å². The van der Waals surface area contributed by atoms with Crippen LogP contribution >= 0.6 is 0 Å². The lowest BCUT2D eigenvalue weighted by molar-refractivity contribution is 0.0530. The molecule has 0 radical (unpaired) electrons. The molecule has 3 aliphatic heterocycles. The van der Waals surface area contributed by atoms with E-state index < -0.39 is 10.0 Å². The van der Waals surface area contributed by atoms with Crippen molar-refractivity contribution in [3.63, 3.8) is 0 Å². The molecule has 0 unspecified atom stereocenters. The van der Waals surface area contributed by atoms with Gasteiger partial charge in [0.2, 0.25) is 16.0 Å². The predicted octanol–water partition coefficient (Wildman–Crippen LogP) is 0.279. The minimum Gasteiger partial charge on any atom is -0.378 e. The van der Waals surface area contributed by atoms with Gasteiger partial charge in [-0.3, -0.25) is 0 Å². The van der Waals surface area contributed by atoms with Gasteiger partial charge in [0.25, 0.3) is 0 Å². The lowest BCUT2D eigenvalue weighted by atomic mass is 9.81. The second-order valence-electron chi connectivity index (χ2n) is 7.74. The van der Waals surface area contributed by atoms with E-state index in [0.717, 1.165) is 49.6 Å². The normalized spacial score (nSPS) is 29.9. The predicted molar refractivity (Wildman–Crippen MR) is 94.5 cm³/mol. The third-order valence-corrected chi connectivity index (χ3v) is 8.25. The topological polar surface area (TPSA) is 84.9 Å². The molecule has 0 N–H and O–H groups in total. The standard InChI is InChI=1S/C17H24N4O4S/c22-26(23,14-1-2-14)21-4-3-17(11-21)12-25-10-13-9-18-16(19-15(13)17)20-5-7-24-8-6-20/h9,14H,1-8,10-12H2/t17-/m1/s1. The fourth-order valence-corrected chi connectivity index (χ4v) is 6.17. The van der Waals surface area contributed by atoms with Crippen molar-refractivity contribution in [2.24, 2.45) is 0 Å². The maximum atomic E-state index is 12.7. The summed E-state index contributed by atoms with van der Waals surface area (Å²) in [7, 11) is -3.17. The molecule has 4 aliphatic rings. The Morgan fingerprint density at radius 2 is 1.96 bits per heavy atom. The number of hydrogen-bond acceptors (Lipinski definition) is 7. The van der Waals surface area contributed by atoms with Crippen LogP contribution in [0, 0.1) is 0 Å². The van der Waals surface area contributed by atoms with Crippen molar-refractivity contribution in [1.29, 1.82) is 0 Å². The number of rotatable bonds is 3. The van der Waals surface area contributed by atoms with Gasteiger partial charge in [-0.1, -0.05) is 0 Å². The highest BCUT2D eigenvalue weighted by Crippen LogP contribution is 2.42. The molecule has 8 nitrogen and oxygen atoms in total. The maximum Gasteiger partial charge on any atom is 0.225 e. The summed E-state index contributed by atoms with van der Waals surface area (Å²) >= 11 is 0. The highest BCUT2D eigenvalue weighted by atomic mass is 32.2. The van der Waals surface area contributed by atoms with Crippen LogP contribution in [0.3, 0.4) is 0 Å². The second kappa shape index (κ2) is 6.12. The molecule has 9 heteroatoms. The largest absolute Gasteiger partial charge is 0.378 e. The van der Waals surface area contributed by atoms with Gasteiger partial charge in [0.1, 0.15) is 0 Å². The summed E-state index contributed by atoms with van der Waals surface area (Å²) < 4.78 is 38.3. The molecule has 142 valence electrons. The smallest absolute Gasteiger partial charge is 0.225 e. The van der Waals surface area contributed by atoms with Gasteiger partial charge < -0.3 is 14.4 Å². The number of hydrogen-bond donors (Lipinski definition) is 0. The number of nitrogens with zero attached hydrogens (tertiary/aromatic N) is 4. The van der Waals surface area contributed by atoms with Crippen LogP contribution in [0.2, 0.25) is 0 Å². The first kappa shape index (κ1) is 16.9. The van der Waals surface area contributed by atoms with Gasteiger partial charge in [0.15, 0.2) is 0 Å². The molecule has 3 fully saturated rings. The fraction of sp³-hybridized carbons (Fsp3) is 0.765. The van der Waals surface area contributed by atoms with Crippen LogP contribution < -0.4 is 4.90 Å². The third-order valence-electron chi connectivity index (χ3n) is 5.91. The first-order valence-electron chi connectivity index (χ1n) is 9.34. The Bertz CT molecular complexity index is 807. The molecule has 0 aromatic carbocycles. The van der Waals surface area contributed by atoms with Crippen molar-refractivity contribution in [2.75, 3.05) is 50.9 Å². The van der Waals surface area contributed by atoms with Crippen molar-refractivity contribution in [2.45, 2.75) is 36.5 Å². The van der Waals surface area contributed by atoms with E-state index in [1.54, 1.807) is 4.31 Å². The molecule has 4 heterocycles. The molecule has 26 heavy (non-hydrogen) atoms. The summed E-state index contributed by atoms with van der Waals surface area (Å²) in [5, 5.41) is -0.170. The molecule has 1 atom stereocenters. The maximum absolute atomic E-state index is 12.7. The minimum atomic E-state index is -3.17. The molecule has 1 saturated carbocycles. The van der Waals surface area contributed by atoms with Crippen LogP contribution in [0.4, 0.5) is 5.95 Å². The lowest BCUT2D eigenvalue weighted by Crippen LogP contribution is -2.43. The van der Waals surface area contributed by atoms with Crippen LogP contribution in [0.25, 0.3) is 0 Å². The molecule has 1 aromatic heterocycles. The summed E-state index contributed by atoms with van der Waals surface area (Å²) in [4.78, 5) is 11.6. The van der Waals surface area contributed by atoms with Crippen molar-refractivity contribution in [3.8, 4) is 0 Å². The van der Waals surface area contributed by atoms with Crippen LogP contribution in [0.15, 0.2) is 6.20 Å². The van der Waals surface area contributed by atoms with Gasteiger partial charge in [-0.2, -0.15) is 0 Å². The fourth-order valence-electron chi connectivity index (χ4n) is 4.24. The summed E-state index contributed by atoms with van der Waals surface area (Å²) in [6.07, 6.45) is 4.20. The van der Waals surface area contributed by atoms with E-state index >= 15 is 0 Å². The number of sulfonamides is 1. The summed E-state index contributed by atoms with van der Waals surface area (Å²) in [6, 6.07) is 0. The Morgan fingerprint density at radius 1 is 1.15 bits per heavy atom. The monoisotopic (exact) mass is 380 g/mol. The number of fused-ring (bicyclic) bond motifs is 2. The second-order valence-corrected chi connectivity index (χ2v) is 9.96. The third kappa shape index (κ3) is 2.72. The van der Waals surface area contributed by atoms with E-state index in [1.807, 2.05) is 6.20 Å². The van der Waals surface area contributed by atoms with Gasteiger partial charge in [-0.15, -0.1) is 0 Å². The molecular weight excluding hydrogens is 356 g/mol. The molecule has 2 saturated heterocycles. The van der Waals surface area contributed by atoms with E-state index in [2.05, 4.69) is 9.88 Å². The van der Waals surface area contributed by atoms with Gasteiger partial charge in [-0.05, 0) is 19.3 Å². The lowest BCUT2D eigenvalue weighted by Gasteiger charge is -2.35. The van der Waals surface area contributed by atoms with Crippen molar-refractivity contribution in [1.82, 2.24) is 14.3 Å². The zero-order chi connectivity index (χ0) is 17.8. The number of anilines is 1. The van der Waals surface area contributed by atoms with E-state index in [9.17, 15) is 8.42 Å². The van der Waals surface area contributed by atoms with Gasteiger partial charge in [0, 0.05) is 37.9 Å². The van der Waals surface area contributed by atoms with Gasteiger partial charge in [0.05, 0.1) is 42.8 Å². The quantitative estimate of drug-likeness (QED) is 0.745. The Morgan fingerprint density at radius 3 is 2.73 bits per heavy atom. The Kier molecular flexibility index (Phi) is 3.97. The first-order valence-corrected chi connectivity index (χ1v) is 10.8. The van der Waals surface area contributed by atoms with Crippen molar-refractivity contribution >= 4 is 16.0 Å². The molecular formula is C17H24N4O4S. The summed E-state index contributed by atoms with van der Waals surface area (Å²) in [5.74, 6) is 0.719. The Hall–Kier alpha value is -1.29. The van der Waals surface area contributed by atoms with Crippen LogP contribution in [0.1, 0.15) is 30.5 Å². The zero-order valence-corrected chi connectivity index (χ0v) is 15.6. The van der Waals surface area contributed by atoms with E-state index in [0.29, 0.717) is 39.5 Å². The summed E-state index contributed by atoms with van der Waals surface area (Å²) in [6.45, 7) is 4.97. The van der Waals surface area contributed by atoms with Crippen LogP contribution in [-0.2, 0) is 31.5 Å². The number of morpholine rings is 1. The SMILES string of the molecule is O=S(=O)(C1CC1)N1CC[C@]2(COCc3cnc(N4CCOCC4)nc32)C1. The number of aromatic nitrogens is 2. The van der Waals surface area contributed by atoms with E-state index in [1.165, 1.54) is 0 Å². The molecule has 0 bridgehead atoms. The highest BCUT2D eigenvalue weighted by Gasteiger charge is 2.51. The molecule has 1 aliphatic carbocycles. The minimum absolute atomic E-state index is 0.170. The zero-order valence-electron chi connectivity index (χ0n) is 14.8. The average molecular weight is 380 g/mol. The van der Waals surface area contributed by atoms with Crippen molar-refractivity contribution in [3.05, 3.63) is 17.5 Å². The van der Waals surface area contributed by atoms with Crippen molar-refractivity contribution < 1.29 is 17.9 Å². The Balaban J connectivity index is 1.47. The molecule has 5 rings (SSSR count).